The Labute approximate surface area is 148 Å². The fourth-order valence-corrected chi connectivity index (χ4v) is 3.03. The Hall–Kier alpha value is -2.63. The lowest BCUT2D eigenvalue weighted by atomic mass is 10.2. The van der Waals surface area contributed by atoms with Crippen molar-refractivity contribution in [3.63, 3.8) is 0 Å². The minimum absolute atomic E-state index is 0.235. The molecule has 0 bridgehead atoms. The van der Waals surface area contributed by atoms with Gasteiger partial charge in [-0.25, -0.2) is 0 Å². The average molecular weight is 340 g/mol. The maximum absolute atomic E-state index is 12.3. The van der Waals surface area contributed by atoms with Crippen LogP contribution in [0.15, 0.2) is 36.4 Å². The molecule has 132 valence electrons. The fourth-order valence-electron chi connectivity index (χ4n) is 3.03. The first-order valence-electron chi connectivity index (χ1n) is 8.76. The van der Waals surface area contributed by atoms with E-state index in [1.165, 1.54) is 25.7 Å². The topological polar surface area (TPSA) is 67.3 Å². The van der Waals surface area contributed by atoms with Gasteiger partial charge in [0, 0.05) is 25.2 Å². The normalized spacial score (nSPS) is 14.7. The number of rotatable bonds is 5. The SMILES string of the molecule is COc1ccccc1CNC(=O)c1ccc(N2CCCCCC2)nn1. The van der Waals surface area contributed by atoms with Gasteiger partial charge < -0.3 is 15.0 Å². The molecule has 0 unspecified atom stereocenters. The number of ether oxygens (including phenoxy) is 1. The van der Waals surface area contributed by atoms with Crippen LogP contribution in [0.5, 0.6) is 5.75 Å². The van der Waals surface area contributed by atoms with Crippen LogP contribution in [0, 0.1) is 0 Å². The molecular weight excluding hydrogens is 316 g/mol. The van der Waals surface area contributed by atoms with Gasteiger partial charge in [0.15, 0.2) is 11.5 Å². The molecule has 2 heterocycles. The summed E-state index contributed by atoms with van der Waals surface area (Å²) < 4.78 is 5.29. The zero-order valence-electron chi connectivity index (χ0n) is 14.6. The molecule has 1 N–H and O–H groups in total. The number of hydrogen-bond acceptors (Lipinski definition) is 5. The zero-order chi connectivity index (χ0) is 17.5. The molecule has 25 heavy (non-hydrogen) atoms. The Morgan fingerprint density at radius 2 is 1.84 bits per heavy atom. The van der Waals surface area contributed by atoms with Gasteiger partial charge in [0.05, 0.1) is 7.11 Å². The molecule has 0 aliphatic carbocycles. The third-order valence-electron chi connectivity index (χ3n) is 4.45. The molecule has 1 aromatic carbocycles. The summed E-state index contributed by atoms with van der Waals surface area (Å²) in [6.07, 6.45) is 4.91. The molecular formula is C19H24N4O2. The number of carbonyl (C=O) groups excluding carboxylic acids is 1. The van der Waals surface area contributed by atoms with Crippen LogP contribution in [-0.4, -0.2) is 36.3 Å². The van der Waals surface area contributed by atoms with E-state index in [2.05, 4.69) is 20.4 Å². The Kier molecular flexibility index (Phi) is 5.82. The Morgan fingerprint density at radius 3 is 2.52 bits per heavy atom. The predicted octanol–water partition coefficient (Wildman–Crippen LogP) is 2.80. The quantitative estimate of drug-likeness (QED) is 0.906. The largest absolute Gasteiger partial charge is 0.496 e. The summed E-state index contributed by atoms with van der Waals surface area (Å²) in [5.41, 5.74) is 1.25. The minimum Gasteiger partial charge on any atom is -0.496 e. The lowest BCUT2D eigenvalue weighted by Crippen LogP contribution is -2.27. The van der Waals surface area contributed by atoms with Crippen LogP contribution >= 0.6 is 0 Å². The highest BCUT2D eigenvalue weighted by molar-refractivity contribution is 5.92. The summed E-state index contributed by atoms with van der Waals surface area (Å²) in [5, 5.41) is 11.2. The number of nitrogens with zero attached hydrogens (tertiary/aromatic N) is 3. The molecule has 6 heteroatoms. The molecule has 2 aromatic rings. The maximum atomic E-state index is 12.3. The third-order valence-corrected chi connectivity index (χ3v) is 4.45. The summed E-state index contributed by atoms with van der Waals surface area (Å²) in [6, 6.07) is 11.2. The second-order valence-electron chi connectivity index (χ2n) is 6.17. The molecule has 0 saturated carbocycles. The summed E-state index contributed by atoms with van der Waals surface area (Å²) >= 11 is 0. The molecule has 1 aliphatic rings. The van der Waals surface area contributed by atoms with Gasteiger partial charge in [0.1, 0.15) is 5.75 Å². The van der Waals surface area contributed by atoms with Crippen molar-refractivity contribution in [1.29, 1.82) is 0 Å². The third kappa shape index (κ3) is 4.47. The monoisotopic (exact) mass is 340 g/mol. The van der Waals surface area contributed by atoms with Crippen LogP contribution < -0.4 is 15.0 Å². The first-order chi connectivity index (χ1) is 12.3. The van der Waals surface area contributed by atoms with Crippen LogP contribution in [-0.2, 0) is 6.54 Å². The Bertz CT molecular complexity index is 695. The van der Waals surface area contributed by atoms with E-state index in [1.54, 1.807) is 13.2 Å². The highest BCUT2D eigenvalue weighted by Crippen LogP contribution is 2.18. The van der Waals surface area contributed by atoms with Gasteiger partial charge in [-0.1, -0.05) is 31.0 Å². The summed E-state index contributed by atoms with van der Waals surface area (Å²) in [6.45, 7) is 2.40. The van der Waals surface area contributed by atoms with E-state index in [9.17, 15) is 4.79 Å². The van der Waals surface area contributed by atoms with Gasteiger partial charge in [0.2, 0.25) is 0 Å². The van der Waals surface area contributed by atoms with Crippen LogP contribution in [0.25, 0.3) is 0 Å². The zero-order valence-corrected chi connectivity index (χ0v) is 14.6. The van der Waals surface area contributed by atoms with Gasteiger partial charge in [-0.3, -0.25) is 4.79 Å². The van der Waals surface area contributed by atoms with E-state index < -0.39 is 0 Å². The number of hydrogen-bond donors (Lipinski definition) is 1. The minimum atomic E-state index is -0.235. The first kappa shape index (κ1) is 17.2. The standard InChI is InChI=1S/C19H24N4O2/c1-25-17-9-5-4-8-15(17)14-20-19(24)16-10-11-18(22-21-16)23-12-6-2-3-7-13-23/h4-5,8-11H,2-3,6-7,12-14H2,1H3,(H,20,24). The Morgan fingerprint density at radius 1 is 1.08 bits per heavy atom. The molecule has 1 aliphatic heterocycles. The number of methoxy groups -OCH3 is 1. The van der Waals surface area contributed by atoms with Crippen molar-refractivity contribution in [2.75, 3.05) is 25.1 Å². The van der Waals surface area contributed by atoms with Crippen molar-refractivity contribution < 1.29 is 9.53 Å². The maximum Gasteiger partial charge on any atom is 0.272 e. The number of nitrogens with one attached hydrogen (secondary N) is 1. The second kappa shape index (κ2) is 8.46. The summed E-state index contributed by atoms with van der Waals surface area (Å²) in [5.74, 6) is 1.37. The molecule has 1 fully saturated rings. The number of amides is 1. The van der Waals surface area contributed by atoms with Crippen LogP contribution in [0.4, 0.5) is 5.82 Å². The van der Waals surface area contributed by atoms with Crippen molar-refractivity contribution >= 4 is 11.7 Å². The van der Waals surface area contributed by atoms with Crippen molar-refractivity contribution in [2.45, 2.75) is 32.2 Å². The van der Waals surface area contributed by atoms with Gasteiger partial charge in [-0.05, 0) is 31.0 Å². The first-order valence-corrected chi connectivity index (χ1v) is 8.76. The fraction of sp³-hybridized carbons (Fsp3) is 0.421. The molecule has 1 amide bonds. The molecule has 0 radical (unpaired) electrons. The predicted molar refractivity (Wildman–Crippen MR) is 96.9 cm³/mol. The van der Waals surface area contributed by atoms with Gasteiger partial charge >= 0.3 is 0 Å². The molecule has 0 spiro atoms. The molecule has 1 saturated heterocycles. The highest BCUT2D eigenvalue weighted by atomic mass is 16.5. The smallest absolute Gasteiger partial charge is 0.272 e. The second-order valence-corrected chi connectivity index (χ2v) is 6.17. The van der Waals surface area contributed by atoms with Gasteiger partial charge in [-0.2, -0.15) is 0 Å². The number of anilines is 1. The summed E-state index contributed by atoms with van der Waals surface area (Å²) in [4.78, 5) is 14.5. The van der Waals surface area contributed by atoms with E-state index in [4.69, 9.17) is 4.74 Å². The van der Waals surface area contributed by atoms with Crippen molar-refractivity contribution in [2.24, 2.45) is 0 Å². The van der Waals surface area contributed by atoms with Crippen LogP contribution in [0.2, 0.25) is 0 Å². The molecule has 3 rings (SSSR count). The number of para-hydroxylation sites is 1. The van der Waals surface area contributed by atoms with E-state index in [-0.39, 0.29) is 5.91 Å². The molecule has 6 nitrogen and oxygen atoms in total. The van der Waals surface area contributed by atoms with Crippen molar-refractivity contribution in [1.82, 2.24) is 15.5 Å². The lowest BCUT2D eigenvalue weighted by Gasteiger charge is -2.20. The molecule has 0 atom stereocenters. The lowest BCUT2D eigenvalue weighted by molar-refractivity contribution is 0.0944. The number of aromatic nitrogens is 2. The highest BCUT2D eigenvalue weighted by Gasteiger charge is 2.14. The average Bonchev–Trinajstić information content (AvgIpc) is 2.96. The summed E-state index contributed by atoms with van der Waals surface area (Å²) in [7, 11) is 1.62. The molecule has 1 aromatic heterocycles. The van der Waals surface area contributed by atoms with E-state index in [0.717, 1.165) is 30.2 Å². The number of benzene rings is 1. The van der Waals surface area contributed by atoms with Gasteiger partial charge in [0.25, 0.3) is 5.91 Å². The van der Waals surface area contributed by atoms with Crippen molar-refractivity contribution in [3.8, 4) is 5.75 Å². The van der Waals surface area contributed by atoms with E-state index in [0.29, 0.717) is 12.2 Å². The Balaban J connectivity index is 1.60. The number of carbonyl (C=O) groups is 1. The van der Waals surface area contributed by atoms with Gasteiger partial charge in [-0.15, -0.1) is 10.2 Å². The van der Waals surface area contributed by atoms with E-state index >= 15 is 0 Å². The van der Waals surface area contributed by atoms with Crippen molar-refractivity contribution in [3.05, 3.63) is 47.7 Å². The van der Waals surface area contributed by atoms with E-state index in [1.807, 2.05) is 30.3 Å². The van der Waals surface area contributed by atoms with Crippen LogP contribution in [0.1, 0.15) is 41.7 Å². The van der Waals surface area contributed by atoms with Crippen LogP contribution in [0.3, 0.4) is 0 Å².